The van der Waals surface area contributed by atoms with Crippen molar-refractivity contribution in [2.24, 2.45) is 5.16 Å². The van der Waals surface area contributed by atoms with E-state index in [0.717, 1.165) is 6.07 Å². The van der Waals surface area contributed by atoms with Gasteiger partial charge in [-0.05, 0) is 74.3 Å². The van der Waals surface area contributed by atoms with Crippen molar-refractivity contribution in [2.75, 3.05) is 5.32 Å². The number of carbonyl (C=O) groups excluding carboxylic acids is 2. The molecule has 1 amide bonds. The number of rotatable bonds is 6. The van der Waals surface area contributed by atoms with Crippen LogP contribution in [0.3, 0.4) is 0 Å². The summed E-state index contributed by atoms with van der Waals surface area (Å²) in [5.41, 5.74) is 0.424. The van der Waals surface area contributed by atoms with Crippen molar-refractivity contribution in [1.82, 2.24) is 0 Å². The summed E-state index contributed by atoms with van der Waals surface area (Å²) in [6.07, 6.45) is 0.708. The number of ketones is 1. The van der Waals surface area contributed by atoms with Gasteiger partial charge in [0.15, 0.2) is 11.5 Å². The molecule has 0 saturated heterocycles. The topological polar surface area (TPSA) is 108 Å². The predicted octanol–water partition coefficient (Wildman–Crippen LogP) is 5.48. The molecule has 10 heteroatoms. The molecule has 31 heavy (non-hydrogen) atoms. The van der Waals surface area contributed by atoms with E-state index in [1.807, 2.05) is 0 Å². The van der Waals surface area contributed by atoms with Crippen LogP contribution in [0.15, 0.2) is 68.7 Å². The number of oxime groups is 1. The third kappa shape index (κ3) is 5.47. The lowest BCUT2D eigenvalue weighted by molar-refractivity contribution is -0.110. The van der Waals surface area contributed by atoms with Gasteiger partial charge >= 0.3 is 0 Å². The van der Waals surface area contributed by atoms with E-state index in [9.17, 15) is 19.1 Å². The SMILES string of the molecule is O=C(/C=N/O)Nc1cc(Br)c(Oc2ccc(O)c(C(=O)c3cccc(F)c3)c2)c(Br)c1. The highest BCUT2D eigenvalue weighted by molar-refractivity contribution is 9.11. The molecule has 0 aliphatic heterocycles. The van der Waals surface area contributed by atoms with Crippen LogP contribution in [0.25, 0.3) is 0 Å². The van der Waals surface area contributed by atoms with Crippen molar-refractivity contribution >= 4 is 55.5 Å². The maximum absolute atomic E-state index is 13.5. The van der Waals surface area contributed by atoms with Gasteiger partial charge in [0.05, 0.1) is 14.5 Å². The summed E-state index contributed by atoms with van der Waals surface area (Å²) >= 11 is 6.69. The summed E-state index contributed by atoms with van der Waals surface area (Å²) < 4.78 is 20.2. The molecule has 0 aliphatic carbocycles. The number of amides is 1. The largest absolute Gasteiger partial charge is 0.507 e. The van der Waals surface area contributed by atoms with E-state index in [2.05, 4.69) is 42.3 Å². The maximum atomic E-state index is 13.5. The number of phenolic OH excluding ortho intramolecular Hbond substituents is 1. The fraction of sp³-hybridized carbons (Fsp3) is 0. The van der Waals surface area contributed by atoms with Crippen molar-refractivity contribution in [2.45, 2.75) is 0 Å². The number of carbonyl (C=O) groups is 2. The van der Waals surface area contributed by atoms with Crippen LogP contribution in [0.1, 0.15) is 15.9 Å². The highest BCUT2D eigenvalue weighted by Crippen LogP contribution is 2.40. The van der Waals surface area contributed by atoms with Gasteiger partial charge in [-0.15, -0.1) is 0 Å². The second-order valence-corrected chi connectivity index (χ2v) is 7.83. The Balaban J connectivity index is 1.89. The summed E-state index contributed by atoms with van der Waals surface area (Å²) in [5.74, 6) is -1.46. The van der Waals surface area contributed by atoms with Crippen LogP contribution in [-0.4, -0.2) is 28.2 Å². The van der Waals surface area contributed by atoms with E-state index in [0.29, 0.717) is 26.6 Å². The lowest BCUT2D eigenvalue weighted by atomic mass is 10.0. The molecule has 0 radical (unpaired) electrons. The third-order valence-corrected chi connectivity index (χ3v) is 5.14. The van der Waals surface area contributed by atoms with Gasteiger partial charge in [0.25, 0.3) is 5.91 Å². The molecule has 7 nitrogen and oxygen atoms in total. The Hall–Kier alpha value is -3.24. The molecule has 0 spiro atoms. The average molecular weight is 552 g/mol. The molecule has 3 aromatic rings. The molecule has 0 heterocycles. The molecule has 0 fully saturated rings. The summed E-state index contributed by atoms with van der Waals surface area (Å²) in [5, 5.41) is 23.7. The van der Waals surface area contributed by atoms with E-state index in [1.165, 1.54) is 36.4 Å². The monoisotopic (exact) mass is 550 g/mol. The molecule has 0 bridgehead atoms. The van der Waals surface area contributed by atoms with Crippen molar-refractivity contribution in [1.29, 1.82) is 0 Å². The molecule has 0 atom stereocenters. The minimum atomic E-state index is -0.631. The first-order valence-corrected chi connectivity index (χ1v) is 10.2. The van der Waals surface area contributed by atoms with Gasteiger partial charge in [-0.2, -0.15) is 0 Å². The highest BCUT2D eigenvalue weighted by Gasteiger charge is 2.17. The van der Waals surface area contributed by atoms with Crippen LogP contribution in [0.5, 0.6) is 17.2 Å². The summed E-state index contributed by atoms with van der Waals surface area (Å²) in [6.45, 7) is 0. The fourth-order valence-electron chi connectivity index (χ4n) is 2.62. The molecule has 158 valence electrons. The number of hydrogen-bond donors (Lipinski definition) is 3. The number of aromatic hydroxyl groups is 1. The van der Waals surface area contributed by atoms with Gasteiger partial charge in [0.1, 0.15) is 23.5 Å². The quantitative estimate of drug-likeness (QED) is 0.163. The Kier molecular flexibility index (Phi) is 7.03. The second kappa shape index (κ2) is 9.71. The van der Waals surface area contributed by atoms with Gasteiger partial charge in [0, 0.05) is 11.3 Å². The number of hydrogen-bond acceptors (Lipinski definition) is 6. The average Bonchev–Trinajstić information content (AvgIpc) is 2.71. The summed E-state index contributed by atoms with van der Waals surface area (Å²) in [4.78, 5) is 24.2. The minimum Gasteiger partial charge on any atom is -0.507 e. The summed E-state index contributed by atoms with van der Waals surface area (Å²) in [7, 11) is 0. The number of benzene rings is 3. The first-order chi connectivity index (χ1) is 14.8. The smallest absolute Gasteiger partial charge is 0.270 e. The number of halogens is 3. The number of phenols is 1. The van der Waals surface area contributed by atoms with Gasteiger partial charge in [-0.25, -0.2) is 4.39 Å². The lowest BCUT2D eigenvalue weighted by Crippen LogP contribution is -2.12. The van der Waals surface area contributed by atoms with Crippen molar-refractivity contribution in [3.05, 3.63) is 80.5 Å². The number of nitrogens with one attached hydrogen (secondary N) is 1. The van der Waals surface area contributed by atoms with Gasteiger partial charge in [-0.3, -0.25) is 9.59 Å². The molecular weight excluding hydrogens is 539 g/mol. The van der Waals surface area contributed by atoms with Gasteiger partial charge in [0.2, 0.25) is 0 Å². The molecular formula is C21H13Br2FN2O5. The predicted molar refractivity (Wildman–Crippen MR) is 119 cm³/mol. The molecule has 0 unspecified atom stereocenters. The Morgan fingerprint density at radius 2 is 1.77 bits per heavy atom. The molecule has 3 N–H and O–H groups in total. The standard InChI is InChI=1S/C21H13Br2FN2O5/c22-16-7-13(26-19(28)10-25-30)8-17(23)21(16)31-14-4-5-18(27)15(9-14)20(29)11-2-1-3-12(24)6-11/h1-10,27,30H,(H,26,28)/b25-10+. The normalized spacial score (nSPS) is 10.8. The maximum Gasteiger partial charge on any atom is 0.270 e. The van der Waals surface area contributed by atoms with E-state index >= 15 is 0 Å². The lowest BCUT2D eigenvalue weighted by Gasteiger charge is -2.13. The molecule has 0 aromatic heterocycles. The van der Waals surface area contributed by atoms with Crippen LogP contribution in [-0.2, 0) is 4.79 Å². The zero-order valence-corrected chi connectivity index (χ0v) is 18.6. The van der Waals surface area contributed by atoms with Crippen molar-refractivity contribution < 1.29 is 29.0 Å². The summed E-state index contributed by atoms with van der Waals surface area (Å²) in [6, 6.07) is 12.4. The minimum absolute atomic E-state index is 0.0532. The molecule has 0 aliphatic rings. The number of anilines is 1. The van der Waals surface area contributed by atoms with Crippen LogP contribution in [0, 0.1) is 5.82 Å². The molecule has 3 rings (SSSR count). The fourth-order valence-corrected chi connectivity index (χ4v) is 3.97. The Morgan fingerprint density at radius 3 is 2.42 bits per heavy atom. The van der Waals surface area contributed by atoms with Crippen molar-refractivity contribution in [3.63, 3.8) is 0 Å². The van der Waals surface area contributed by atoms with E-state index in [-0.39, 0.29) is 22.6 Å². The zero-order chi connectivity index (χ0) is 22.5. The van der Waals surface area contributed by atoms with Gasteiger partial charge < -0.3 is 20.4 Å². The Morgan fingerprint density at radius 1 is 1.06 bits per heavy atom. The van der Waals surface area contributed by atoms with Gasteiger partial charge in [-0.1, -0.05) is 17.3 Å². The molecule has 3 aromatic carbocycles. The number of nitrogens with zero attached hydrogens (tertiary/aromatic N) is 1. The van der Waals surface area contributed by atoms with Crippen molar-refractivity contribution in [3.8, 4) is 17.2 Å². The van der Waals surface area contributed by atoms with E-state index in [1.54, 1.807) is 12.1 Å². The Bertz CT molecular complexity index is 1180. The van der Waals surface area contributed by atoms with Crippen LogP contribution >= 0.6 is 31.9 Å². The zero-order valence-electron chi connectivity index (χ0n) is 15.5. The first-order valence-electron chi connectivity index (χ1n) is 8.57. The van der Waals surface area contributed by atoms with E-state index < -0.39 is 17.5 Å². The van der Waals surface area contributed by atoms with E-state index in [4.69, 9.17) is 9.94 Å². The Labute approximate surface area is 192 Å². The van der Waals surface area contributed by atoms with Crippen LogP contribution in [0.2, 0.25) is 0 Å². The highest BCUT2D eigenvalue weighted by atomic mass is 79.9. The first kappa shape index (κ1) is 22.4. The van der Waals surface area contributed by atoms with Crippen LogP contribution in [0.4, 0.5) is 10.1 Å². The number of ether oxygens (including phenoxy) is 1. The second-order valence-electron chi connectivity index (χ2n) is 6.12. The molecule has 0 saturated carbocycles. The van der Waals surface area contributed by atoms with Crippen LogP contribution < -0.4 is 10.1 Å². The third-order valence-electron chi connectivity index (χ3n) is 3.96.